The quantitative estimate of drug-likeness (QED) is 0.137. The minimum atomic E-state index is 0. The van der Waals surface area contributed by atoms with Crippen molar-refractivity contribution in [2.24, 2.45) is 0 Å². The summed E-state index contributed by atoms with van der Waals surface area (Å²) in [7, 11) is 0. The molecule has 44 heavy (non-hydrogen) atoms. The zero-order valence-corrected chi connectivity index (χ0v) is 31.0. The second-order valence-corrected chi connectivity index (χ2v) is 11.9. The van der Waals surface area contributed by atoms with Crippen molar-refractivity contribution in [1.29, 1.82) is 0 Å². The summed E-state index contributed by atoms with van der Waals surface area (Å²) in [5.41, 5.74) is 17.2. The van der Waals surface area contributed by atoms with E-state index in [1.807, 2.05) is 0 Å². The van der Waals surface area contributed by atoms with Crippen LogP contribution in [0.25, 0.3) is 0 Å². The minimum Gasteiger partial charge on any atom is -1.00 e. The molecule has 0 aliphatic carbocycles. The number of nitrogens with zero attached hydrogens (tertiary/aromatic N) is 6. The predicted octanol–water partition coefficient (Wildman–Crippen LogP) is -6.92. The van der Waals surface area contributed by atoms with E-state index in [-0.39, 0.29) is 61.9 Å². The molecule has 5 aromatic rings. The van der Waals surface area contributed by atoms with Crippen LogP contribution >= 0.6 is 0 Å². The highest BCUT2D eigenvalue weighted by atomic mass is 79.9. The maximum atomic E-state index is 2.36. The second-order valence-electron chi connectivity index (χ2n) is 11.9. The summed E-state index contributed by atoms with van der Waals surface area (Å²) in [5, 5.41) is 0. The third-order valence-electron chi connectivity index (χ3n) is 9.71. The van der Waals surface area contributed by atoms with Crippen molar-refractivity contribution in [3.8, 4) is 0 Å². The van der Waals surface area contributed by atoms with E-state index in [4.69, 9.17) is 0 Å². The summed E-state index contributed by atoms with van der Waals surface area (Å²) in [4.78, 5) is 0. The fourth-order valence-electron chi connectivity index (χ4n) is 7.18. The van der Waals surface area contributed by atoms with Gasteiger partial charge >= 0.3 is 0 Å². The molecule has 3 aliphatic heterocycles. The van der Waals surface area contributed by atoms with Crippen molar-refractivity contribution in [1.82, 2.24) is 13.7 Å². The lowest BCUT2D eigenvalue weighted by Gasteiger charge is -2.21. The van der Waals surface area contributed by atoms with Gasteiger partial charge < -0.3 is 61.9 Å². The predicted molar refractivity (Wildman–Crippen MR) is 157 cm³/mol. The molecule has 6 heterocycles. The molecule has 0 amide bonds. The third-order valence-corrected chi connectivity index (χ3v) is 9.71. The van der Waals surface area contributed by atoms with Gasteiger partial charge in [0.05, 0.1) is 0 Å². The van der Waals surface area contributed by atoms with Gasteiger partial charge in [0.2, 0.25) is 19.0 Å². The molecule has 0 saturated heterocycles. The summed E-state index contributed by atoms with van der Waals surface area (Å²) in [6, 6.07) is 0. The molecule has 0 radical (unpaired) electrons. The normalized spacial score (nSPS) is 12.7. The van der Waals surface area contributed by atoms with Crippen LogP contribution in [-0.4, -0.2) is 24.7 Å². The van der Waals surface area contributed by atoms with Crippen molar-refractivity contribution >= 4 is 0 Å². The third kappa shape index (κ3) is 6.26. The SMILES string of the molecule is Cc1c2c(C)c3c(C)c1Cn1cc[n+](c1)Cc1c(C)c(c(C)c(c1C)C[n+]1ccn(c1)C3)C[n+]1ccn(c1)C2.O.O.[Br-].[Br-].[Br-]. The van der Waals surface area contributed by atoms with Crippen LogP contribution in [0, 0.1) is 41.5 Å². The number of hydrogen-bond donors (Lipinski definition) is 0. The van der Waals surface area contributed by atoms with Crippen LogP contribution in [0.4, 0.5) is 0 Å². The molecular formula is C33H43Br3N6O2. The Bertz CT molecular complexity index is 1430. The van der Waals surface area contributed by atoms with Crippen molar-refractivity contribution in [2.75, 3.05) is 0 Å². The molecule has 238 valence electrons. The Hall–Kier alpha value is -2.57. The van der Waals surface area contributed by atoms with E-state index in [2.05, 4.69) is 125 Å². The van der Waals surface area contributed by atoms with E-state index in [0.29, 0.717) is 0 Å². The number of imidazole rings is 3. The first-order valence-corrected chi connectivity index (χ1v) is 14.1. The first-order chi connectivity index (χ1) is 18.8. The van der Waals surface area contributed by atoms with E-state index in [9.17, 15) is 0 Å². The molecule has 0 saturated carbocycles. The van der Waals surface area contributed by atoms with Crippen LogP contribution in [0.3, 0.4) is 0 Å². The molecule has 3 aliphatic rings. The van der Waals surface area contributed by atoms with E-state index >= 15 is 0 Å². The molecule has 2 aromatic carbocycles. The average molecular weight is 795 g/mol. The van der Waals surface area contributed by atoms with Gasteiger partial charge in [-0.05, 0) is 74.9 Å². The molecule has 3 aromatic heterocycles. The number of rotatable bonds is 0. The first-order valence-electron chi connectivity index (χ1n) is 14.1. The van der Waals surface area contributed by atoms with E-state index in [1.165, 1.54) is 66.8 Å². The second kappa shape index (κ2) is 14.2. The fraction of sp³-hybridized carbons (Fsp3) is 0.364. The van der Waals surface area contributed by atoms with Crippen LogP contribution in [0.15, 0.2) is 56.2 Å². The zero-order valence-electron chi connectivity index (χ0n) is 26.3. The number of benzene rings is 2. The van der Waals surface area contributed by atoms with Gasteiger partial charge in [-0.1, -0.05) is 0 Å². The van der Waals surface area contributed by atoms with Crippen LogP contribution in [-0.2, 0) is 39.3 Å². The van der Waals surface area contributed by atoms with Gasteiger partial charge in [-0.25, -0.2) is 27.4 Å². The van der Waals surface area contributed by atoms with Crippen molar-refractivity contribution in [3.63, 3.8) is 0 Å². The average Bonchev–Trinajstić information content (AvgIpc) is 3.66. The molecule has 8 rings (SSSR count). The summed E-state index contributed by atoms with van der Waals surface area (Å²) >= 11 is 0. The highest BCUT2D eigenvalue weighted by Gasteiger charge is 2.26. The van der Waals surface area contributed by atoms with Gasteiger partial charge in [0, 0.05) is 33.4 Å². The Morgan fingerprint density at radius 1 is 0.409 bits per heavy atom. The number of hydrogen-bond acceptors (Lipinski definition) is 0. The fourth-order valence-corrected chi connectivity index (χ4v) is 7.18. The minimum absolute atomic E-state index is 0. The molecule has 0 unspecified atom stereocenters. The molecule has 0 atom stereocenters. The largest absolute Gasteiger partial charge is 1.00 e. The molecule has 11 heteroatoms. The van der Waals surface area contributed by atoms with Crippen LogP contribution in [0.2, 0.25) is 0 Å². The van der Waals surface area contributed by atoms with Crippen molar-refractivity contribution in [3.05, 3.63) is 123 Å². The lowest BCUT2D eigenvalue weighted by molar-refractivity contribution is -0.690. The molecule has 0 fully saturated rings. The molecular weight excluding hydrogens is 752 g/mol. The first kappa shape index (κ1) is 37.6. The summed E-state index contributed by atoms with van der Waals surface area (Å²) in [6.07, 6.45) is 20.4. The van der Waals surface area contributed by atoms with Gasteiger partial charge in [0.15, 0.2) is 0 Å². The van der Waals surface area contributed by atoms with Crippen molar-refractivity contribution < 1.29 is 75.6 Å². The Balaban J connectivity index is 0.00000135. The van der Waals surface area contributed by atoms with Gasteiger partial charge in [0.25, 0.3) is 0 Å². The number of aromatic nitrogens is 6. The summed E-state index contributed by atoms with van der Waals surface area (Å²) in [6.45, 7) is 19.3. The lowest BCUT2D eigenvalue weighted by atomic mass is 9.87. The maximum absolute atomic E-state index is 2.36. The topological polar surface area (TPSA) is 89.4 Å². The Morgan fingerprint density at radius 3 is 0.886 bits per heavy atom. The van der Waals surface area contributed by atoms with Crippen LogP contribution in [0.5, 0.6) is 0 Å². The highest BCUT2D eigenvalue weighted by molar-refractivity contribution is 5.52. The highest BCUT2D eigenvalue weighted by Crippen LogP contribution is 2.31. The Labute approximate surface area is 291 Å². The zero-order chi connectivity index (χ0) is 27.0. The standard InChI is InChI=1S/C33H39N6.3BrH.2H2O/c1-22-28-13-34-7-9-37(19-34)16-31-25(4)32-17-38-10-8-35(20-38)14-29(22)24(3)30(23(28)2)15-36-11-12-39(21-36)18-33(26(31)5)27(32)6;;;;;/h7-12,19-21H,13-18H2,1-6H3;3*1H;2*1H2/q+3;;;;;/p-3. The summed E-state index contributed by atoms with van der Waals surface area (Å²) in [5.74, 6) is 0. The Morgan fingerprint density at radius 2 is 0.636 bits per heavy atom. The molecule has 0 spiro atoms. The Kier molecular flexibility index (Phi) is 12.2. The van der Waals surface area contributed by atoms with Crippen molar-refractivity contribution in [2.45, 2.75) is 80.8 Å². The van der Waals surface area contributed by atoms with Crippen LogP contribution < -0.4 is 64.6 Å². The number of halogens is 3. The summed E-state index contributed by atoms with van der Waals surface area (Å²) < 4.78 is 14.2. The van der Waals surface area contributed by atoms with E-state index in [1.54, 1.807) is 0 Å². The molecule has 12 bridgehead atoms. The van der Waals surface area contributed by atoms with Gasteiger partial charge in [-0.15, -0.1) is 0 Å². The molecule has 8 nitrogen and oxygen atoms in total. The monoisotopic (exact) mass is 792 g/mol. The van der Waals surface area contributed by atoms with Gasteiger partial charge in [-0.2, -0.15) is 0 Å². The smallest absolute Gasteiger partial charge is 0.244 e. The van der Waals surface area contributed by atoms with Gasteiger partial charge in [-0.3, -0.25) is 0 Å². The maximum Gasteiger partial charge on any atom is 0.244 e. The van der Waals surface area contributed by atoms with Gasteiger partial charge in [0.1, 0.15) is 76.4 Å². The van der Waals surface area contributed by atoms with Crippen LogP contribution in [0.1, 0.15) is 66.8 Å². The molecule has 4 N–H and O–H groups in total. The lowest BCUT2D eigenvalue weighted by Crippen LogP contribution is -3.00. The van der Waals surface area contributed by atoms with E-state index < -0.39 is 0 Å². The van der Waals surface area contributed by atoms with E-state index in [0.717, 1.165) is 39.3 Å².